The molecular weight excluding hydrogens is 390 g/mol. The Morgan fingerprint density at radius 3 is 2.38 bits per heavy atom. The molecule has 0 aliphatic carbocycles. The number of aliphatic hydroxyl groups excluding tert-OH is 1. The van der Waals surface area contributed by atoms with Crippen molar-refractivity contribution >= 4 is 21.6 Å². The molecule has 0 bridgehead atoms. The lowest BCUT2D eigenvalue weighted by Gasteiger charge is -2.09. The lowest BCUT2D eigenvalue weighted by Crippen LogP contribution is -2.28. The van der Waals surface area contributed by atoms with Crippen molar-refractivity contribution in [2.75, 3.05) is 5.32 Å². The fraction of sp³-hybridized carbons (Fsp3) is 0.143. The number of carbonyl (C=O) groups is 1. The maximum atomic E-state index is 12.6. The van der Waals surface area contributed by atoms with Gasteiger partial charge in [-0.05, 0) is 47.0 Å². The molecule has 0 fully saturated rings. The Morgan fingerprint density at radius 1 is 0.966 bits per heavy atom. The highest BCUT2D eigenvalue weighted by atomic mass is 32.2. The van der Waals surface area contributed by atoms with Crippen LogP contribution in [0.5, 0.6) is 0 Å². The fourth-order valence-corrected chi connectivity index (χ4v) is 4.06. The zero-order valence-electron chi connectivity index (χ0n) is 15.6. The van der Waals surface area contributed by atoms with Gasteiger partial charge in [0.25, 0.3) is 0 Å². The van der Waals surface area contributed by atoms with Crippen molar-refractivity contribution in [1.29, 1.82) is 0 Å². The van der Waals surface area contributed by atoms with Crippen molar-refractivity contribution < 1.29 is 18.3 Å². The van der Waals surface area contributed by atoms with E-state index in [4.69, 9.17) is 0 Å². The van der Waals surface area contributed by atoms with Gasteiger partial charge in [0.15, 0.2) is 9.84 Å². The molecule has 7 nitrogen and oxygen atoms in total. The van der Waals surface area contributed by atoms with Crippen LogP contribution in [0.2, 0.25) is 0 Å². The van der Waals surface area contributed by atoms with Crippen LogP contribution >= 0.6 is 0 Å². The number of urea groups is 1. The number of aliphatic hydroxyl groups is 1. The molecule has 3 rings (SSSR count). The first-order valence-electron chi connectivity index (χ1n) is 8.91. The van der Waals surface area contributed by atoms with Crippen LogP contribution in [-0.2, 0) is 28.7 Å². The standard InChI is InChI=1S/C21H21N3O4S/c25-14-16-3-1-4-17(11-16)15-29(27,28)20-8-6-19(7-9-20)24-21(26)23-13-18-5-2-10-22-12-18/h1-12,25H,13-15H2,(H2,23,24,26). The van der Waals surface area contributed by atoms with Crippen molar-refractivity contribution in [2.45, 2.75) is 23.8 Å². The van der Waals surface area contributed by atoms with Crippen LogP contribution in [0.4, 0.5) is 10.5 Å². The van der Waals surface area contributed by atoms with Crippen molar-refractivity contribution in [1.82, 2.24) is 10.3 Å². The molecule has 8 heteroatoms. The second kappa shape index (κ2) is 9.31. The van der Waals surface area contributed by atoms with Crippen LogP contribution in [0.3, 0.4) is 0 Å². The summed E-state index contributed by atoms with van der Waals surface area (Å²) in [6.45, 7) is 0.191. The van der Waals surface area contributed by atoms with E-state index in [1.165, 1.54) is 12.1 Å². The number of benzene rings is 2. The van der Waals surface area contributed by atoms with Crippen LogP contribution in [0.25, 0.3) is 0 Å². The van der Waals surface area contributed by atoms with Crippen LogP contribution < -0.4 is 10.6 Å². The minimum Gasteiger partial charge on any atom is -0.392 e. The summed E-state index contributed by atoms with van der Waals surface area (Å²) in [5.41, 5.74) is 2.62. The van der Waals surface area contributed by atoms with Gasteiger partial charge in [0, 0.05) is 24.6 Å². The molecular formula is C21H21N3O4S. The van der Waals surface area contributed by atoms with Crippen LogP contribution in [0.1, 0.15) is 16.7 Å². The molecule has 3 aromatic rings. The zero-order valence-corrected chi connectivity index (χ0v) is 16.4. The predicted octanol–water partition coefficient (Wildman–Crippen LogP) is 2.87. The molecule has 0 saturated carbocycles. The average Bonchev–Trinajstić information content (AvgIpc) is 2.73. The SMILES string of the molecule is O=C(NCc1cccnc1)Nc1ccc(S(=O)(=O)Cc2cccc(CO)c2)cc1. The summed E-state index contributed by atoms with van der Waals surface area (Å²) >= 11 is 0. The van der Waals surface area contributed by atoms with Crippen molar-refractivity contribution in [3.05, 3.63) is 89.7 Å². The van der Waals surface area contributed by atoms with E-state index in [-0.39, 0.29) is 17.3 Å². The number of nitrogens with zero attached hydrogens (tertiary/aromatic N) is 1. The van der Waals surface area contributed by atoms with Gasteiger partial charge >= 0.3 is 6.03 Å². The number of anilines is 1. The molecule has 0 aliphatic heterocycles. The normalized spacial score (nSPS) is 11.1. The van der Waals surface area contributed by atoms with Crippen molar-refractivity contribution in [2.24, 2.45) is 0 Å². The third-order valence-corrected chi connectivity index (χ3v) is 5.88. The van der Waals surface area contributed by atoms with Crippen LogP contribution in [-0.4, -0.2) is 24.5 Å². The Hall–Kier alpha value is -3.23. The maximum Gasteiger partial charge on any atom is 0.319 e. The largest absolute Gasteiger partial charge is 0.392 e. The van der Waals surface area contributed by atoms with Gasteiger partial charge < -0.3 is 15.7 Å². The maximum absolute atomic E-state index is 12.6. The van der Waals surface area contributed by atoms with E-state index >= 15 is 0 Å². The Labute approximate surface area is 169 Å². The van der Waals surface area contributed by atoms with Gasteiger partial charge in [-0.3, -0.25) is 4.98 Å². The highest BCUT2D eigenvalue weighted by Crippen LogP contribution is 2.19. The Morgan fingerprint density at radius 2 is 1.69 bits per heavy atom. The monoisotopic (exact) mass is 411 g/mol. The number of nitrogens with one attached hydrogen (secondary N) is 2. The van der Waals surface area contributed by atoms with Gasteiger partial charge in [-0.1, -0.05) is 30.3 Å². The summed E-state index contributed by atoms with van der Waals surface area (Å²) < 4.78 is 25.3. The Bertz CT molecular complexity index is 1070. The molecule has 150 valence electrons. The molecule has 0 spiro atoms. The van der Waals surface area contributed by atoms with E-state index in [1.54, 1.807) is 54.9 Å². The summed E-state index contributed by atoms with van der Waals surface area (Å²) in [5.74, 6) is -0.167. The molecule has 1 aromatic heterocycles. The molecule has 0 atom stereocenters. The highest BCUT2D eigenvalue weighted by molar-refractivity contribution is 7.90. The van der Waals surface area contributed by atoms with E-state index in [0.717, 1.165) is 5.56 Å². The number of aromatic nitrogens is 1. The Kier molecular flexibility index (Phi) is 6.58. The van der Waals surface area contributed by atoms with Gasteiger partial charge in [-0.25, -0.2) is 13.2 Å². The first kappa shape index (κ1) is 20.5. The van der Waals surface area contributed by atoms with Gasteiger partial charge in [0.1, 0.15) is 0 Å². The van der Waals surface area contributed by atoms with Crippen LogP contribution in [0, 0.1) is 0 Å². The van der Waals surface area contributed by atoms with E-state index in [0.29, 0.717) is 23.4 Å². The molecule has 2 amide bonds. The van der Waals surface area contributed by atoms with E-state index in [1.807, 2.05) is 6.07 Å². The summed E-state index contributed by atoms with van der Waals surface area (Å²) in [5, 5.41) is 14.6. The second-order valence-electron chi connectivity index (χ2n) is 6.43. The van der Waals surface area contributed by atoms with E-state index < -0.39 is 15.9 Å². The van der Waals surface area contributed by atoms with Crippen LogP contribution in [0.15, 0.2) is 78.0 Å². The number of carbonyl (C=O) groups excluding carboxylic acids is 1. The number of rotatable bonds is 7. The molecule has 3 N–H and O–H groups in total. The molecule has 0 saturated heterocycles. The summed E-state index contributed by atoms with van der Waals surface area (Å²) in [7, 11) is -3.55. The lowest BCUT2D eigenvalue weighted by molar-refractivity contribution is 0.251. The first-order valence-corrected chi connectivity index (χ1v) is 10.6. The molecule has 0 radical (unpaired) electrons. The minimum absolute atomic E-state index is 0.142. The average molecular weight is 411 g/mol. The zero-order chi connectivity index (χ0) is 20.7. The third-order valence-electron chi connectivity index (χ3n) is 4.18. The topological polar surface area (TPSA) is 108 Å². The van der Waals surface area contributed by atoms with Gasteiger partial charge in [0.2, 0.25) is 0 Å². The van der Waals surface area contributed by atoms with E-state index in [2.05, 4.69) is 15.6 Å². The third kappa shape index (κ3) is 5.87. The molecule has 0 aliphatic rings. The van der Waals surface area contributed by atoms with E-state index in [9.17, 15) is 18.3 Å². The number of pyridine rings is 1. The molecule has 29 heavy (non-hydrogen) atoms. The lowest BCUT2D eigenvalue weighted by atomic mass is 10.1. The number of hydrogen-bond acceptors (Lipinski definition) is 5. The fourth-order valence-electron chi connectivity index (χ4n) is 2.73. The first-order chi connectivity index (χ1) is 14.0. The smallest absolute Gasteiger partial charge is 0.319 e. The van der Waals surface area contributed by atoms with Gasteiger partial charge in [-0.2, -0.15) is 0 Å². The molecule has 2 aromatic carbocycles. The number of amides is 2. The summed E-state index contributed by atoms with van der Waals surface area (Å²) in [4.78, 5) is 16.1. The highest BCUT2D eigenvalue weighted by Gasteiger charge is 2.16. The number of sulfone groups is 1. The second-order valence-corrected chi connectivity index (χ2v) is 8.42. The van der Waals surface area contributed by atoms with Crippen molar-refractivity contribution in [3.8, 4) is 0 Å². The molecule has 0 unspecified atom stereocenters. The van der Waals surface area contributed by atoms with Crippen molar-refractivity contribution in [3.63, 3.8) is 0 Å². The summed E-state index contributed by atoms with van der Waals surface area (Å²) in [6.07, 6.45) is 3.32. The summed E-state index contributed by atoms with van der Waals surface area (Å²) in [6, 6.07) is 16.1. The van der Waals surface area contributed by atoms with Gasteiger partial charge in [0.05, 0.1) is 17.3 Å². The number of hydrogen-bond donors (Lipinski definition) is 3. The predicted molar refractivity (Wildman–Crippen MR) is 110 cm³/mol. The quantitative estimate of drug-likeness (QED) is 0.554. The Balaban J connectivity index is 1.60. The van der Waals surface area contributed by atoms with Gasteiger partial charge in [-0.15, -0.1) is 0 Å². The minimum atomic E-state index is -3.55. The molecule has 1 heterocycles.